The number of alkyl halides is 3. The highest BCUT2D eigenvalue weighted by Crippen LogP contribution is 2.36. The number of nitrogens with one attached hydrogen (secondary N) is 1. The summed E-state index contributed by atoms with van der Waals surface area (Å²) in [7, 11) is 0. The highest BCUT2D eigenvalue weighted by Gasteiger charge is 2.37. The van der Waals surface area contributed by atoms with E-state index in [0.29, 0.717) is 19.0 Å². The van der Waals surface area contributed by atoms with E-state index >= 15 is 0 Å². The Morgan fingerprint density at radius 1 is 1.42 bits per heavy atom. The molecule has 0 radical (unpaired) electrons. The van der Waals surface area contributed by atoms with Crippen molar-refractivity contribution in [1.29, 1.82) is 5.26 Å². The van der Waals surface area contributed by atoms with Gasteiger partial charge in [0.25, 0.3) is 0 Å². The molecule has 1 heterocycles. The molecule has 0 aliphatic heterocycles. The van der Waals surface area contributed by atoms with E-state index in [2.05, 4.69) is 21.4 Å². The summed E-state index contributed by atoms with van der Waals surface area (Å²) in [6.07, 6.45) is -1.80. The SMILES string of the molecule is N#CC1CCCC1Nc1nc(Cl)ncc1C(F)(F)F. The van der Waals surface area contributed by atoms with Gasteiger partial charge in [-0.15, -0.1) is 0 Å². The Balaban J connectivity index is 2.29. The predicted molar refractivity (Wildman–Crippen MR) is 62.4 cm³/mol. The number of hydrogen-bond donors (Lipinski definition) is 1. The lowest BCUT2D eigenvalue weighted by Crippen LogP contribution is -2.25. The lowest BCUT2D eigenvalue weighted by atomic mass is 10.1. The molecule has 0 saturated heterocycles. The average molecular weight is 291 g/mol. The molecule has 1 saturated carbocycles. The van der Waals surface area contributed by atoms with Crippen LogP contribution in [0.3, 0.4) is 0 Å². The highest BCUT2D eigenvalue weighted by atomic mass is 35.5. The average Bonchev–Trinajstić information content (AvgIpc) is 2.74. The Kier molecular flexibility index (Phi) is 3.80. The van der Waals surface area contributed by atoms with Crippen LogP contribution in [0.2, 0.25) is 5.28 Å². The number of halogens is 4. The Labute approximate surface area is 112 Å². The van der Waals surface area contributed by atoms with Crippen molar-refractivity contribution in [2.24, 2.45) is 5.92 Å². The van der Waals surface area contributed by atoms with Gasteiger partial charge in [-0.25, -0.2) is 9.97 Å². The van der Waals surface area contributed by atoms with Crippen molar-refractivity contribution < 1.29 is 13.2 Å². The van der Waals surface area contributed by atoms with E-state index in [4.69, 9.17) is 16.9 Å². The predicted octanol–water partition coefficient (Wildman–Crippen LogP) is 3.25. The van der Waals surface area contributed by atoms with Gasteiger partial charge in [0.05, 0.1) is 12.0 Å². The van der Waals surface area contributed by atoms with Crippen LogP contribution in [0.15, 0.2) is 6.20 Å². The molecular weight excluding hydrogens is 281 g/mol. The zero-order valence-electron chi connectivity index (χ0n) is 9.71. The lowest BCUT2D eigenvalue weighted by Gasteiger charge is -2.19. The fraction of sp³-hybridized carbons (Fsp3) is 0.545. The second kappa shape index (κ2) is 5.21. The van der Waals surface area contributed by atoms with Gasteiger partial charge in [-0.3, -0.25) is 0 Å². The van der Waals surface area contributed by atoms with E-state index in [1.807, 2.05) is 0 Å². The third kappa shape index (κ3) is 3.07. The number of nitrogens with zero attached hydrogens (tertiary/aromatic N) is 3. The maximum atomic E-state index is 12.8. The molecule has 1 aliphatic rings. The van der Waals surface area contributed by atoms with Crippen LogP contribution in [0, 0.1) is 17.2 Å². The molecule has 4 nitrogen and oxygen atoms in total. The number of anilines is 1. The van der Waals surface area contributed by atoms with Crippen LogP contribution in [0.1, 0.15) is 24.8 Å². The first-order valence-corrected chi connectivity index (χ1v) is 6.05. The van der Waals surface area contributed by atoms with E-state index in [9.17, 15) is 13.2 Å². The molecule has 1 fully saturated rings. The Bertz CT molecular complexity index is 512. The summed E-state index contributed by atoms with van der Waals surface area (Å²) in [6, 6.07) is 1.75. The van der Waals surface area contributed by atoms with Crippen LogP contribution in [-0.2, 0) is 6.18 Å². The van der Waals surface area contributed by atoms with Crippen LogP contribution in [0.4, 0.5) is 19.0 Å². The third-order valence-electron chi connectivity index (χ3n) is 3.07. The fourth-order valence-corrected chi connectivity index (χ4v) is 2.27. The summed E-state index contributed by atoms with van der Waals surface area (Å²) >= 11 is 5.53. The van der Waals surface area contributed by atoms with Gasteiger partial charge >= 0.3 is 6.18 Å². The van der Waals surface area contributed by atoms with Gasteiger partial charge in [0.1, 0.15) is 11.4 Å². The summed E-state index contributed by atoms with van der Waals surface area (Å²) in [5.74, 6) is -0.672. The minimum absolute atomic E-state index is 0.262. The van der Waals surface area contributed by atoms with Crippen molar-refractivity contribution in [1.82, 2.24) is 9.97 Å². The zero-order chi connectivity index (χ0) is 14.0. The van der Waals surface area contributed by atoms with Crippen molar-refractivity contribution in [3.05, 3.63) is 17.0 Å². The maximum Gasteiger partial charge on any atom is 0.421 e. The van der Waals surface area contributed by atoms with Gasteiger partial charge in [0, 0.05) is 12.2 Å². The molecule has 0 spiro atoms. The van der Waals surface area contributed by atoms with Gasteiger partial charge < -0.3 is 5.32 Å². The number of rotatable bonds is 2. The Hall–Kier alpha value is -1.55. The molecule has 0 bridgehead atoms. The van der Waals surface area contributed by atoms with Gasteiger partial charge in [0.2, 0.25) is 5.28 Å². The maximum absolute atomic E-state index is 12.8. The smallest absolute Gasteiger partial charge is 0.365 e. The van der Waals surface area contributed by atoms with Crippen molar-refractivity contribution in [3.8, 4) is 6.07 Å². The van der Waals surface area contributed by atoms with Crippen LogP contribution in [0.25, 0.3) is 0 Å². The standard InChI is InChI=1S/C11H10ClF3N4/c12-10-17-5-7(11(13,14)15)9(19-10)18-8-3-1-2-6(8)4-16/h5-6,8H,1-3H2,(H,17,18,19). The summed E-state index contributed by atoms with van der Waals surface area (Å²) in [6.45, 7) is 0. The van der Waals surface area contributed by atoms with Gasteiger partial charge in [-0.05, 0) is 30.9 Å². The second-order valence-corrected chi connectivity index (χ2v) is 4.65. The first kappa shape index (κ1) is 13.9. The van der Waals surface area contributed by atoms with Crippen molar-refractivity contribution >= 4 is 17.4 Å². The minimum atomic E-state index is -4.56. The topological polar surface area (TPSA) is 61.6 Å². The minimum Gasteiger partial charge on any atom is -0.365 e. The zero-order valence-corrected chi connectivity index (χ0v) is 10.5. The molecule has 8 heteroatoms. The highest BCUT2D eigenvalue weighted by molar-refractivity contribution is 6.28. The van der Waals surface area contributed by atoms with E-state index < -0.39 is 11.7 Å². The van der Waals surface area contributed by atoms with E-state index in [1.165, 1.54) is 0 Å². The fourth-order valence-electron chi connectivity index (χ4n) is 2.14. The van der Waals surface area contributed by atoms with Gasteiger partial charge in [-0.1, -0.05) is 0 Å². The molecule has 102 valence electrons. The van der Waals surface area contributed by atoms with E-state index in [0.717, 1.165) is 6.42 Å². The molecule has 0 amide bonds. The lowest BCUT2D eigenvalue weighted by molar-refractivity contribution is -0.137. The largest absolute Gasteiger partial charge is 0.421 e. The van der Waals surface area contributed by atoms with Crippen molar-refractivity contribution in [2.75, 3.05) is 5.32 Å². The molecular formula is C11H10ClF3N4. The van der Waals surface area contributed by atoms with Crippen molar-refractivity contribution in [3.63, 3.8) is 0 Å². The Morgan fingerprint density at radius 2 is 2.16 bits per heavy atom. The quantitative estimate of drug-likeness (QED) is 0.849. The first-order valence-electron chi connectivity index (χ1n) is 5.67. The molecule has 2 rings (SSSR count). The summed E-state index contributed by atoms with van der Waals surface area (Å²) in [5.41, 5.74) is -0.972. The van der Waals surface area contributed by atoms with Crippen LogP contribution in [0.5, 0.6) is 0 Å². The molecule has 2 atom stereocenters. The first-order chi connectivity index (χ1) is 8.91. The van der Waals surface area contributed by atoms with Crippen LogP contribution >= 0.6 is 11.6 Å². The molecule has 1 N–H and O–H groups in total. The molecule has 1 aliphatic carbocycles. The monoisotopic (exact) mass is 290 g/mol. The summed E-state index contributed by atoms with van der Waals surface area (Å²) < 4.78 is 38.4. The van der Waals surface area contributed by atoms with Crippen LogP contribution < -0.4 is 5.32 Å². The number of nitriles is 1. The second-order valence-electron chi connectivity index (χ2n) is 4.32. The summed E-state index contributed by atoms with van der Waals surface area (Å²) in [4.78, 5) is 6.93. The number of hydrogen-bond acceptors (Lipinski definition) is 4. The Morgan fingerprint density at radius 3 is 2.79 bits per heavy atom. The molecule has 2 unspecified atom stereocenters. The molecule has 19 heavy (non-hydrogen) atoms. The van der Waals surface area contributed by atoms with Crippen molar-refractivity contribution in [2.45, 2.75) is 31.5 Å². The van der Waals surface area contributed by atoms with Gasteiger partial charge in [-0.2, -0.15) is 18.4 Å². The molecule has 0 aromatic carbocycles. The third-order valence-corrected chi connectivity index (χ3v) is 3.25. The van der Waals surface area contributed by atoms with E-state index in [-0.39, 0.29) is 23.1 Å². The van der Waals surface area contributed by atoms with Crippen LogP contribution in [-0.4, -0.2) is 16.0 Å². The normalized spacial score (nSPS) is 23.1. The summed E-state index contributed by atoms with van der Waals surface area (Å²) in [5, 5.41) is 11.3. The molecule has 1 aromatic rings. The van der Waals surface area contributed by atoms with Gasteiger partial charge in [0.15, 0.2) is 0 Å². The van der Waals surface area contributed by atoms with E-state index in [1.54, 1.807) is 0 Å². The number of aromatic nitrogens is 2. The molecule has 1 aromatic heterocycles.